The van der Waals surface area contributed by atoms with Gasteiger partial charge in [0.15, 0.2) is 5.58 Å². The molecule has 0 spiro atoms. The SMILES string of the molecule is C=CC(=O)OCCCCCCCCCCOc1cccc(-c2cc3ccncc3oc2=O)c1. The molecule has 0 aliphatic heterocycles. The van der Waals surface area contributed by atoms with Crippen LogP contribution in [0.3, 0.4) is 0 Å². The third kappa shape index (κ3) is 7.90. The molecule has 2 aromatic heterocycles. The van der Waals surface area contributed by atoms with E-state index in [1.165, 1.54) is 25.3 Å². The summed E-state index contributed by atoms with van der Waals surface area (Å²) >= 11 is 0. The minimum absolute atomic E-state index is 0.346. The fraction of sp³-hybridized carbons (Fsp3) is 0.370. The van der Waals surface area contributed by atoms with Gasteiger partial charge in [-0.25, -0.2) is 9.59 Å². The molecule has 1 aromatic carbocycles. The molecule has 3 aromatic rings. The Kier molecular flexibility index (Phi) is 9.70. The Balaban J connectivity index is 1.33. The van der Waals surface area contributed by atoms with E-state index in [1.807, 2.05) is 36.4 Å². The normalized spacial score (nSPS) is 10.8. The zero-order chi connectivity index (χ0) is 23.3. The molecule has 33 heavy (non-hydrogen) atoms. The summed E-state index contributed by atoms with van der Waals surface area (Å²) in [6.07, 6.45) is 13.3. The molecule has 2 heterocycles. The summed E-state index contributed by atoms with van der Waals surface area (Å²) in [6.45, 7) is 4.50. The molecule has 0 N–H and O–H groups in total. The zero-order valence-corrected chi connectivity index (χ0v) is 19.0. The molecule has 0 atom stereocenters. The smallest absolute Gasteiger partial charge is 0.344 e. The number of carbonyl (C=O) groups excluding carboxylic acids is 1. The molecule has 6 heteroatoms. The summed E-state index contributed by atoms with van der Waals surface area (Å²) in [6, 6.07) is 11.2. The van der Waals surface area contributed by atoms with E-state index in [0.29, 0.717) is 24.4 Å². The van der Waals surface area contributed by atoms with E-state index in [4.69, 9.17) is 13.9 Å². The lowest BCUT2D eigenvalue weighted by molar-refractivity contribution is -0.137. The molecule has 0 bridgehead atoms. The Labute approximate surface area is 194 Å². The Morgan fingerprint density at radius 1 is 0.970 bits per heavy atom. The molecule has 0 unspecified atom stereocenters. The van der Waals surface area contributed by atoms with Crippen LogP contribution in [0.25, 0.3) is 22.1 Å². The lowest BCUT2D eigenvalue weighted by Gasteiger charge is -2.08. The fourth-order valence-corrected chi connectivity index (χ4v) is 3.61. The minimum Gasteiger partial charge on any atom is -0.494 e. The van der Waals surface area contributed by atoms with Gasteiger partial charge in [0.05, 0.1) is 25.0 Å². The number of fused-ring (bicyclic) bond motifs is 1. The monoisotopic (exact) mass is 449 g/mol. The van der Waals surface area contributed by atoms with Gasteiger partial charge in [0.2, 0.25) is 0 Å². The summed E-state index contributed by atoms with van der Waals surface area (Å²) in [5, 5.41) is 0.835. The number of hydrogen-bond donors (Lipinski definition) is 0. The van der Waals surface area contributed by atoms with Gasteiger partial charge >= 0.3 is 11.6 Å². The summed E-state index contributed by atoms with van der Waals surface area (Å²) in [5.41, 5.74) is 1.38. The fourth-order valence-electron chi connectivity index (χ4n) is 3.61. The van der Waals surface area contributed by atoms with Crippen molar-refractivity contribution in [3.63, 3.8) is 0 Å². The van der Waals surface area contributed by atoms with Crippen LogP contribution in [0.1, 0.15) is 51.4 Å². The first-order valence-corrected chi connectivity index (χ1v) is 11.6. The van der Waals surface area contributed by atoms with Crippen molar-refractivity contribution in [3.8, 4) is 16.9 Å². The van der Waals surface area contributed by atoms with Gasteiger partial charge in [-0.1, -0.05) is 57.2 Å². The Morgan fingerprint density at radius 2 is 1.70 bits per heavy atom. The maximum absolute atomic E-state index is 12.4. The van der Waals surface area contributed by atoms with Gasteiger partial charge in [0.1, 0.15) is 5.75 Å². The van der Waals surface area contributed by atoms with Gasteiger partial charge in [0.25, 0.3) is 0 Å². The lowest BCUT2D eigenvalue weighted by Crippen LogP contribution is -2.03. The summed E-state index contributed by atoms with van der Waals surface area (Å²) < 4.78 is 16.3. The van der Waals surface area contributed by atoms with Crippen molar-refractivity contribution >= 4 is 16.9 Å². The maximum Gasteiger partial charge on any atom is 0.344 e. The van der Waals surface area contributed by atoms with Gasteiger partial charge in [-0.2, -0.15) is 0 Å². The first kappa shape index (κ1) is 24.2. The van der Waals surface area contributed by atoms with Crippen LogP contribution in [0.5, 0.6) is 5.75 Å². The predicted octanol–water partition coefficient (Wildman–Crippen LogP) is 6.08. The van der Waals surface area contributed by atoms with Crippen LogP contribution in [0, 0.1) is 0 Å². The highest BCUT2D eigenvalue weighted by molar-refractivity contribution is 5.81. The predicted molar refractivity (Wildman–Crippen MR) is 129 cm³/mol. The Morgan fingerprint density at radius 3 is 2.45 bits per heavy atom. The average Bonchev–Trinajstić information content (AvgIpc) is 2.84. The number of aromatic nitrogens is 1. The summed E-state index contributed by atoms with van der Waals surface area (Å²) in [5.74, 6) is 0.403. The molecular formula is C27H31NO5. The highest BCUT2D eigenvalue weighted by Gasteiger charge is 2.09. The topological polar surface area (TPSA) is 78.6 Å². The first-order valence-electron chi connectivity index (χ1n) is 11.6. The molecule has 0 amide bonds. The lowest BCUT2D eigenvalue weighted by atomic mass is 10.1. The summed E-state index contributed by atoms with van der Waals surface area (Å²) in [7, 11) is 0. The number of ether oxygens (including phenoxy) is 2. The number of carbonyl (C=O) groups is 1. The zero-order valence-electron chi connectivity index (χ0n) is 19.0. The second-order valence-electron chi connectivity index (χ2n) is 7.94. The summed E-state index contributed by atoms with van der Waals surface area (Å²) in [4.78, 5) is 27.3. The largest absolute Gasteiger partial charge is 0.494 e. The van der Waals surface area contributed by atoms with Crippen LogP contribution in [0.2, 0.25) is 0 Å². The van der Waals surface area contributed by atoms with E-state index >= 15 is 0 Å². The molecule has 0 fully saturated rings. The highest BCUT2D eigenvalue weighted by atomic mass is 16.5. The quantitative estimate of drug-likeness (QED) is 0.168. The number of benzene rings is 1. The second-order valence-corrected chi connectivity index (χ2v) is 7.94. The minimum atomic E-state index is -0.384. The van der Waals surface area contributed by atoms with E-state index in [2.05, 4.69) is 11.6 Å². The van der Waals surface area contributed by atoms with E-state index in [1.54, 1.807) is 12.4 Å². The number of esters is 1. The van der Waals surface area contributed by atoms with Crippen molar-refractivity contribution in [2.24, 2.45) is 0 Å². The van der Waals surface area contributed by atoms with Crippen molar-refractivity contribution in [2.75, 3.05) is 13.2 Å². The van der Waals surface area contributed by atoms with E-state index < -0.39 is 0 Å². The molecule has 174 valence electrons. The number of pyridine rings is 1. The third-order valence-corrected chi connectivity index (χ3v) is 5.40. The van der Waals surface area contributed by atoms with Crippen molar-refractivity contribution < 1.29 is 18.7 Å². The number of unbranched alkanes of at least 4 members (excludes halogenated alkanes) is 7. The maximum atomic E-state index is 12.4. The molecule has 0 radical (unpaired) electrons. The van der Waals surface area contributed by atoms with E-state index in [-0.39, 0.29) is 11.6 Å². The van der Waals surface area contributed by atoms with Crippen molar-refractivity contribution in [3.05, 3.63) is 71.9 Å². The molecule has 0 saturated heterocycles. The van der Waals surface area contributed by atoms with Crippen molar-refractivity contribution in [2.45, 2.75) is 51.4 Å². The van der Waals surface area contributed by atoms with Gasteiger partial charge in [0, 0.05) is 17.7 Å². The van der Waals surface area contributed by atoms with Crippen LogP contribution in [0.15, 0.2) is 70.7 Å². The molecule has 0 saturated carbocycles. The van der Waals surface area contributed by atoms with E-state index in [9.17, 15) is 9.59 Å². The molecule has 6 nitrogen and oxygen atoms in total. The second kappa shape index (κ2) is 13.2. The number of rotatable bonds is 14. The van der Waals surface area contributed by atoms with Gasteiger partial charge in [-0.05, 0) is 42.7 Å². The molecule has 3 rings (SSSR count). The van der Waals surface area contributed by atoms with Crippen LogP contribution in [-0.4, -0.2) is 24.2 Å². The Bertz CT molecular complexity index is 1100. The van der Waals surface area contributed by atoms with Crippen LogP contribution >= 0.6 is 0 Å². The van der Waals surface area contributed by atoms with Crippen molar-refractivity contribution in [1.29, 1.82) is 0 Å². The van der Waals surface area contributed by atoms with Crippen molar-refractivity contribution in [1.82, 2.24) is 4.98 Å². The standard InChI is InChI=1S/C27H31NO5/c1-2-26(29)32-17-10-8-6-4-3-5-7-9-16-31-23-13-11-12-21(18-23)24-19-22-14-15-28-20-25(22)33-27(24)30/h2,11-15,18-20H,1,3-10,16-17H2. The number of hydrogen-bond acceptors (Lipinski definition) is 6. The van der Waals surface area contributed by atoms with Crippen LogP contribution in [0.4, 0.5) is 0 Å². The number of nitrogens with zero attached hydrogens (tertiary/aromatic N) is 1. The first-order chi connectivity index (χ1) is 16.2. The van der Waals surface area contributed by atoms with Gasteiger partial charge in [-0.15, -0.1) is 0 Å². The average molecular weight is 450 g/mol. The molecule has 0 aliphatic carbocycles. The Hall–Kier alpha value is -3.41. The third-order valence-electron chi connectivity index (χ3n) is 5.40. The van der Waals surface area contributed by atoms with E-state index in [0.717, 1.165) is 48.8 Å². The van der Waals surface area contributed by atoms with Gasteiger partial charge in [-0.3, -0.25) is 4.98 Å². The highest BCUT2D eigenvalue weighted by Crippen LogP contribution is 2.24. The van der Waals surface area contributed by atoms with Crippen LogP contribution < -0.4 is 10.4 Å². The van der Waals surface area contributed by atoms with Crippen LogP contribution in [-0.2, 0) is 9.53 Å². The van der Waals surface area contributed by atoms with Gasteiger partial charge < -0.3 is 13.9 Å². The molecular weight excluding hydrogens is 418 g/mol. The molecule has 0 aliphatic rings.